The summed E-state index contributed by atoms with van der Waals surface area (Å²) in [7, 11) is 0. The molecule has 0 aliphatic carbocycles. The summed E-state index contributed by atoms with van der Waals surface area (Å²) in [5, 5.41) is 0. The van der Waals surface area contributed by atoms with E-state index in [-0.39, 0.29) is 11.5 Å². The molecule has 3 N–H and O–H groups in total. The first-order valence-electron chi connectivity index (χ1n) is 5.87. The predicted molar refractivity (Wildman–Crippen MR) is 66.9 cm³/mol. The standard InChI is InChI=1S/C12H19N3O2/c1-2-3-8-15(9-7-13)12(17)10-5-4-6-11(16)14-10/h4-6H,2-3,7-9,13H2,1H3,(H,14,16). The van der Waals surface area contributed by atoms with Gasteiger partial charge in [0.1, 0.15) is 5.69 Å². The normalized spacial score (nSPS) is 10.2. The van der Waals surface area contributed by atoms with E-state index in [1.807, 2.05) is 0 Å². The molecule has 0 aromatic carbocycles. The highest BCUT2D eigenvalue weighted by atomic mass is 16.2. The molecule has 1 aromatic heterocycles. The molecule has 5 heteroatoms. The summed E-state index contributed by atoms with van der Waals surface area (Å²) in [6, 6.07) is 4.57. The third kappa shape index (κ3) is 4.03. The number of aromatic nitrogens is 1. The van der Waals surface area contributed by atoms with Crippen LogP contribution in [0.3, 0.4) is 0 Å². The SMILES string of the molecule is CCCCN(CCN)C(=O)c1cccc(=O)[nH]1. The Morgan fingerprint density at radius 1 is 1.41 bits per heavy atom. The Morgan fingerprint density at radius 3 is 2.76 bits per heavy atom. The molecule has 0 fully saturated rings. The highest BCUT2D eigenvalue weighted by molar-refractivity contribution is 5.92. The van der Waals surface area contributed by atoms with Crippen molar-refractivity contribution in [3.8, 4) is 0 Å². The Morgan fingerprint density at radius 2 is 2.18 bits per heavy atom. The fraction of sp³-hybridized carbons (Fsp3) is 0.500. The lowest BCUT2D eigenvalue weighted by Crippen LogP contribution is -2.37. The van der Waals surface area contributed by atoms with Crippen LogP contribution in [0, 0.1) is 0 Å². The first kappa shape index (κ1) is 13.4. The van der Waals surface area contributed by atoms with Gasteiger partial charge in [-0.15, -0.1) is 0 Å². The molecule has 0 bridgehead atoms. The summed E-state index contributed by atoms with van der Waals surface area (Å²) in [6.07, 6.45) is 1.95. The van der Waals surface area contributed by atoms with Crippen LogP contribution in [0.25, 0.3) is 0 Å². The molecule has 0 unspecified atom stereocenters. The van der Waals surface area contributed by atoms with Crippen LogP contribution < -0.4 is 11.3 Å². The van der Waals surface area contributed by atoms with Gasteiger partial charge < -0.3 is 15.6 Å². The van der Waals surface area contributed by atoms with Crippen molar-refractivity contribution in [1.82, 2.24) is 9.88 Å². The third-order valence-electron chi connectivity index (χ3n) is 2.47. The number of H-pyrrole nitrogens is 1. The molecule has 17 heavy (non-hydrogen) atoms. The molecule has 1 heterocycles. The van der Waals surface area contributed by atoms with Gasteiger partial charge in [0, 0.05) is 25.7 Å². The van der Waals surface area contributed by atoms with E-state index >= 15 is 0 Å². The van der Waals surface area contributed by atoms with Gasteiger partial charge >= 0.3 is 0 Å². The number of carbonyl (C=O) groups excluding carboxylic acids is 1. The van der Waals surface area contributed by atoms with Crippen molar-refractivity contribution >= 4 is 5.91 Å². The van der Waals surface area contributed by atoms with E-state index in [1.54, 1.807) is 17.0 Å². The number of nitrogens with two attached hydrogens (primary N) is 1. The van der Waals surface area contributed by atoms with Crippen LogP contribution in [-0.4, -0.2) is 35.4 Å². The molecular formula is C12H19N3O2. The van der Waals surface area contributed by atoms with Gasteiger partial charge in [0.15, 0.2) is 0 Å². The van der Waals surface area contributed by atoms with Crippen molar-refractivity contribution in [3.05, 3.63) is 34.2 Å². The molecule has 94 valence electrons. The second-order valence-corrected chi connectivity index (χ2v) is 3.86. The molecule has 0 atom stereocenters. The van der Waals surface area contributed by atoms with Crippen molar-refractivity contribution in [1.29, 1.82) is 0 Å². The number of carbonyl (C=O) groups is 1. The molecule has 0 saturated heterocycles. The summed E-state index contributed by atoms with van der Waals surface area (Å²) < 4.78 is 0. The van der Waals surface area contributed by atoms with Crippen LogP contribution in [0.15, 0.2) is 23.0 Å². The highest BCUT2D eigenvalue weighted by Crippen LogP contribution is 2.02. The summed E-state index contributed by atoms with van der Waals surface area (Å²) in [5.74, 6) is -0.165. The number of amides is 1. The Bertz CT molecular complexity index is 414. The fourth-order valence-corrected chi connectivity index (χ4v) is 1.56. The quantitative estimate of drug-likeness (QED) is 0.759. The third-order valence-corrected chi connectivity index (χ3v) is 2.47. The number of unbranched alkanes of at least 4 members (excludes halogenated alkanes) is 1. The second-order valence-electron chi connectivity index (χ2n) is 3.86. The van der Waals surface area contributed by atoms with Crippen LogP contribution in [0.1, 0.15) is 30.3 Å². The lowest BCUT2D eigenvalue weighted by Gasteiger charge is -2.21. The minimum absolute atomic E-state index is 0.165. The van der Waals surface area contributed by atoms with Crippen molar-refractivity contribution in [3.63, 3.8) is 0 Å². The minimum atomic E-state index is -0.265. The zero-order chi connectivity index (χ0) is 12.7. The zero-order valence-electron chi connectivity index (χ0n) is 10.1. The molecule has 1 aromatic rings. The van der Waals surface area contributed by atoms with Gasteiger partial charge in [0.25, 0.3) is 5.91 Å². The zero-order valence-corrected chi connectivity index (χ0v) is 10.1. The molecule has 0 radical (unpaired) electrons. The van der Waals surface area contributed by atoms with Gasteiger partial charge in [0.2, 0.25) is 5.56 Å². The smallest absolute Gasteiger partial charge is 0.270 e. The molecule has 0 saturated carbocycles. The Hall–Kier alpha value is -1.62. The van der Waals surface area contributed by atoms with E-state index in [2.05, 4.69) is 11.9 Å². The first-order chi connectivity index (χ1) is 8.19. The number of aromatic amines is 1. The predicted octanol–water partition coefficient (Wildman–Crippen LogP) is 0.576. The summed E-state index contributed by atoms with van der Waals surface area (Å²) in [6.45, 7) is 3.67. The number of nitrogens with one attached hydrogen (secondary N) is 1. The summed E-state index contributed by atoms with van der Waals surface area (Å²) in [5.41, 5.74) is 5.54. The largest absolute Gasteiger partial charge is 0.336 e. The lowest BCUT2D eigenvalue weighted by molar-refractivity contribution is 0.0752. The Kier molecular flexibility index (Phi) is 5.42. The highest BCUT2D eigenvalue weighted by Gasteiger charge is 2.14. The van der Waals surface area contributed by atoms with Gasteiger partial charge in [-0.05, 0) is 12.5 Å². The molecular weight excluding hydrogens is 218 g/mol. The van der Waals surface area contributed by atoms with Gasteiger partial charge in [-0.25, -0.2) is 0 Å². The van der Waals surface area contributed by atoms with Crippen LogP contribution in [0.5, 0.6) is 0 Å². The fourth-order valence-electron chi connectivity index (χ4n) is 1.56. The Balaban J connectivity index is 2.79. The summed E-state index contributed by atoms with van der Waals surface area (Å²) in [4.78, 5) is 27.4. The number of hydrogen-bond acceptors (Lipinski definition) is 3. The van der Waals surface area contributed by atoms with Crippen LogP contribution >= 0.6 is 0 Å². The average Bonchev–Trinajstić information content (AvgIpc) is 2.33. The van der Waals surface area contributed by atoms with E-state index in [9.17, 15) is 9.59 Å². The van der Waals surface area contributed by atoms with E-state index in [1.165, 1.54) is 6.07 Å². The van der Waals surface area contributed by atoms with E-state index in [0.29, 0.717) is 25.3 Å². The van der Waals surface area contributed by atoms with Crippen molar-refractivity contribution < 1.29 is 4.79 Å². The molecule has 5 nitrogen and oxygen atoms in total. The van der Waals surface area contributed by atoms with E-state index in [0.717, 1.165) is 12.8 Å². The number of hydrogen-bond donors (Lipinski definition) is 2. The molecule has 0 spiro atoms. The van der Waals surface area contributed by atoms with E-state index in [4.69, 9.17) is 5.73 Å². The molecule has 0 aliphatic heterocycles. The van der Waals surface area contributed by atoms with Crippen LogP contribution in [-0.2, 0) is 0 Å². The average molecular weight is 237 g/mol. The van der Waals surface area contributed by atoms with Gasteiger partial charge in [-0.2, -0.15) is 0 Å². The number of rotatable bonds is 6. The van der Waals surface area contributed by atoms with Crippen LogP contribution in [0.4, 0.5) is 0 Å². The maximum absolute atomic E-state index is 12.1. The van der Waals surface area contributed by atoms with Gasteiger partial charge in [-0.1, -0.05) is 19.4 Å². The number of nitrogens with zero attached hydrogens (tertiary/aromatic N) is 1. The second kappa shape index (κ2) is 6.85. The van der Waals surface area contributed by atoms with Crippen LogP contribution in [0.2, 0.25) is 0 Å². The maximum atomic E-state index is 12.1. The minimum Gasteiger partial charge on any atom is -0.336 e. The summed E-state index contributed by atoms with van der Waals surface area (Å²) >= 11 is 0. The van der Waals surface area contributed by atoms with Crippen molar-refractivity contribution in [2.45, 2.75) is 19.8 Å². The number of pyridine rings is 1. The Labute approximate surface area is 101 Å². The topological polar surface area (TPSA) is 79.2 Å². The monoisotopic (exact) mass is 237 g/mol. The van der Waals surface area contributed by atoms with Gasteiger partial charge in [0.05, 0.1) is 0 Å². The molecule has 1 amide bonds. The molecule has 1 rings (SSSR count). The van der Waals surface area contributed by atoms with Crippen molar-refractivity contribution in [2.24, 2.45) is 5.73 Å². The molecule has 0 aliphatic rings. The van der Waals surface area contributed by atoms with Crippen molar-refractivity contribution in [2.75, 3.05) is 19.6 Å². The maximum Gasteiger partial charge on any atom is 0.270 e. The first-order valence-corrected chi connectivity index (χ1v) is 5.87. The van der Waals surface area contributed by atoms with Gasteiger partial charge in [-0.3, -0.25) is 9.59 Å². The van der Waals surface area contributed by atoms with E-state index < -0.39 is 0 Å². The lowest BCUT2D eigenvalue weighted by atomic mass is 10.2.